The Hall–Kier alpha value is -1.99. The average Bonchev–Trinajstić information content (AvgIpc) is 2.54. The molecule has 0 atom stereocenters. The van der Waals surface area contributed by atoms with E-state index in [1.807, 2.05) is 18.2 Å². The third kappa shape index (κ3) is 3.51. The highest BCUT2D eigenvalue weighted by molar-refractivity contribution is 7.90. The van der Waals surface area contributed by atoms with Crippen LogP contribution in [0.4, 0.5) is 0 Å². The Labute approximate surface area is 136 Å². The number of para-hydroxylation sites is 1. The zero-order chi connectivity index (χ0) is 16.4. The van der Waals surface area contributed by atoms with Gasteiger partial charge in [-0.15, -0.1) is 0 Å². The molecule has 0 amide bonds. The van der Waals surface area contributed by atoms with Crippen molar-refractivity contribution in [2.45, 2.75) is 24.7 Å². The molecule has 3 rings (SSSR count). The summed E-state index contributed by atoms with van der Waals surface area (Å²) in [5.41, 5.74) is 2.95. The molecule has 0 unspecified atom stereocenters. The summed E-state index contributed by atoms with van der Waals surface area (Å²) in [6.45, 7) is 2.31. The van der Waals surface area contributed by atoms with Gasteiger partial charge in [-0.05, 0) is 6.07 Å². The van der Waals surface area contributed by atoms with E-state index in [0.29, 0.717) is 6.54 Å². The fourth-order valence-corrected chi connectivity index (χ4v) is 3.26. The van der Waals surface area contributed by atoms with Crippen LogP contribution in [-0.2, 0) is 29.3 Å². The standard InChI is InChI=1S/C16H19N3O3S/c1-22-15-6-4-3-5-12(15)10-19-8-7-14-13(11-19)9-17-16(18-14)23(2,20)21/h3-6,9H,7-8,10-11H2,1-2H3. The summed E-state index contributed by atoms with van der Waals surface area (Å²) in [6.07, 6.45) is 3.48. The molecule has 1 aliphatic heterocycles. The molecule has 7 heteroatoms. The van der Waals surface area contributed by atoms with E-state index in [9.17, 15) is 8.42 Å². The lowest BCUT2D eigenvalue weighted by Crippen LogP contribution is -2.31. The van der Waals surface area contributed by atoms with Crippen molar-refractivity contribution >= 4 is 9.84 Å². The van der Waals surface area contributed by atoms with Gasteiger partial charge in [-0.2, -0.15) is 0 Å². The maximum Gasteiger partial charge on any atom is 0.246 e. The smallest absolute Gasteiger partial charge is 0.246 e. The van der Waals surface area contributed by atoms with Gasteiger partial charge < -0.3 is 4.74 Å². The molecule has 2 aromatic rings. The molecule has 1 aromatic carbocycles. The minimum Gasteiger partial charge on any atom is -0.496 e. The minimum absolute atomic E-state index is 0.0885. The summed E-state index contributed by atoms with van der Waals surface area (Å²) in [6, 6.07) is 7.96. The number of fused-ring (bicyclic) bond motifs is 1. The summed E-state index contributed by atoms with van der Waals surface area (Å²) < 4.78 is 28.5. The molecule has 0 fully saturated rings. The highest BCUT2D eigenvalue weighted by atomic mass is 32.2. The number of aromatic nitrogens is 2. The van der Waals surface area contributed by atoms with Crippen LogP contribution in [-0.4, -0.2) is 43.2 Å². The van der Waals surface area contributed by atoms with Gasteiger partial charge in [0, 0.05) is 49.6 Å². The lowest BCUT2D eigenvalue weighted by Gasteiger charge is -2.28. The van der Waals surface area contributed by atoms with Crippen LogP contribution in [0.15, 0.2) is 35.6 Å². The van der Waals surface area contributed by atoms with Crippen LogP contribution in [0.25, 0.3) is 0 Å². The molecular formula is C16H19N3O3S. The van der Waals surface area contributed by atoms with E-state index in [2.05, 4.69) is 20.9 Å². The van der Waals surface area contributed by atoms with Gasteiger partial charge in [-0.1, -0.05) is 18.2 Å². The molecule has 1 aromatic heterocycles. The van der Waals surface area contributed by atoms with Crippen molar-refractivity contribution in [2.75, 3.05) is 19.9 Å². The number of hydrogen-bond donors (Lipinski definition) is 0. The molecule has 0 bridgehead atoms. The fraction of sp³-hybridized carbons (Fsp3) is 0.375. The van der Waals surface area contributed by atoms with Crippen LogP contribution >= 0.6 is 0 Å². The van der Waals surface area contributed by atoms with E-state index in [0.717, 1.165) is 48.3 Å². The molecule has 23 heavy (non-hydrogen) atoms. The van der Waals surface area contributed by atoms with Crippen LogP contribution in [0.5, 0.6) is 5.75 Å². The molecule has 0 aliphatic carbocycles. The monoisotopic (exact) mass is 333 g/mol. The highest BCUT2D eigenvalue weighted by Crippen LogP contribution is 2.23. The lowest BCUT2D eigenvalue weighted by atomic mass is 10.1. The molecule has 0 saturated heterocycles. The number of benzene rings is 1. The number of nitrogens with zero attached hydrogens (tertiary/aromatic N) is 3. The molecular weight excluding hydrogens is 314 g/mol. The predicted molar refractivity (Wildman–Crippen MR) is 86.0 cm³/mol. The van der Waals surface area contributed by atoms with Crippen LogP contribution in [0.2, 0.25) is 0 Å². The Morgan fingerprint density at radius 3 is 2.83 bits per heavy atom. The second kappa shape index (κ2) is 6.25. The van der Waals surface area contributed by atoms with E-state index in [1.165, 1.54) is 0 Å². The van der Waals surface area contributed by atoms with Crippen LogP contribution in [0, 0.1) is 0 Å². The summed E-state index contributed by atoms with van der Waals surface area (Å²) in [5, 5.41) is -0.0885. The number of hydrogen-bond acceptors (Lipinski definition) is 6. The van der Waals surface area contributed by atoms with Gasteiger partial charge in [0.1, 0.15) is 5.75 Å². The molecule has 6 nitrogen and oxygen atoms in total. The zero-order valence-corrected chi connectivity index (χ0v) is 14.0. The van der Waals surface area contributed by atoms with Gasteiger partial charge in [0.25, 0.3) is 0 Å². The van der Waals surface area contributed by atoms with E-state index < -0.39 is 9.84 Å². The van der Waals surface area contributed by atoms with Gasteiger partial charge >= 0.3 is 0 Å². The van der Waals surface area contributed by atoms with Gasteiger partial charge in [-0.3, -0.25) is 4.90 Å². The van der Waals surface area contributed by atoms with Gasteiger partial charge in [-0.25, -0.2) is 18.4 Å². The molecule has 0 radical (unpaired) electrons. The van der Waals surface area contributed by atoms with Crippen molar-refractivity contribution in [3.63, 3.8) is 0 Å². The highest BCUT2D eigenvalue weighted by Gasteiger charge is 2.21. The third-order valence-corrected chi connectivity index (χ3v) is 4.77. The van der Waals surface area contributed by atoms with Crippen molar-refractivity contribution in [3.8, 4) is 5.75 Å². The number of rotatable bonds is 4. The first-order valence-corrected chi connectivity index (χ1v) is 9.25. The first-order valence-electron chi connectivity index (χ1n) is 7.36. The lowest BCUT2D eigenvalue weighted by molar-refractivity contribution is 0.238. The Morgan fingerprint density at radius 2 is 2.09 bits per heavy atom. The Balaban J connectivity index is 1.78. The van der Waals surface area contributed by atoms with E-state index in [1.54, 1.807) is 13.3 Å². The van der Waals surface area contributed by atoms with E-state index in [-0.39, 0.29) is 5.16 Å². The van der Waals surface area contributed by atoms with Gasteiger partial charge in [0.2, 0.25) is 15.0 Å². The Bertz CT molecular complexity index is 821. The third-order valence-electron chi connectivity index (χ3n) is 3.91. The van der Waals surface area contributed by atoms with Gasteiger partial charge in [0.15, 0.2) is 0 Å². The Kier molecular flexibility index (Phi) is 4.32. The predicted octanol–water partition coefficient (Wildman–Crippen LogP) is 1.45. The quantitative estimate of drug-likeness (QED) is 0.789. The largest absolute Gasteiger partial charge is 0.496 e. The average molecular weight is 333 g/mol. The van der Waals surface area contributed by atoms with Crippen LogP contribution in [0.1, 0.15) is 16.8 Å². The van der Waals surface area contributed by atoms with E-state index >= 15 is 0 Å². The summed E-state index contributed by atoms with van der Waals surface area (Å²) in [7, 11) is -1.69. The summed E-state index contributed by atoms with van der Waals surface area (Å²) in [4.78, 5) is 10.5. The molecule has 0 spiro atoms. The zero-order valence-electron chi connectivity index (χ0n) is 13.2. The normalized spacial score (nSPS) is 15.2. The number of ether oxygens (including phenoxy) is 1. The molecule has 1 aliphatic rings. The van der Waals surface area contributed by atoms with Crippen molar-refractivity contribution in [1.82, 2.24) is 14.9 Å². The maximum atomic E-state index is 11.5. The molecule has 2 heterocycles. The first-order chi connectivity index (χ1) is 11.0. The molecule has 0 saturated carbocycles. The Morgan fingerprint density at radius 1 is 1.30 bits per heavy atom. The second-order valence-electron chi connectivity index (χ2n) is 5.67. The van der Waals surface area contributed by atoms with Crippen LogP contribution < -0.4 is 4.74 Å². The summed E-state index contributed by atoms with van der Waals surface area (Å²) in [5.74, 6) is 0.877. The van der Waals surface area contributed by atoms with Crippen LogP contribution in [0.3, 0.4) is 0 Å². The maximum absolute atomic E-state index is 11.5. The molecule has 0 N–H and O–H groups in total. The summed E-state index contributed by atoms with van der Waals surface area (Å²) >= 11 is 0. The van der Waals surface area contributed by atoms with Crippen molar-refractivity contribution in [2.24, 2.45) is 0 Å². The fourth-order valence-electron chi connectivity index (χ4n) is 2.74. The number of sulfone groups is 1. The van der Waals surface area contributed by atoms with Crippen molar-refractivity contribution in [1.29, 1.82) is 0 Å². The van der Waals surface area contributed by atoms with Crippen molar-refractivity contribution < 1.29 is 13.2 Å². The second-order valence-corrected chi connectivity index (χ2v) is 7.58. The van der Waals surface area contributed by atoms with Gasteiger partial charge in [0.05, 0.1) is 12.8 Å². The van der Waals surface area contributed by atoms with Crippen molar-refractivity contribution in [3.05, 3.63) is 47.3 Å². The SMILES string of the molecule is COc1ccccc1CN1CCc2nc(S(C)(=O)=O)ncc2C1. The number of methoxy groups -OCH3 is 1. The first kappa shape index (κ1) is 15.9. The van der Waals surface area contributed by atoms with E-state index in [4.69, 9.17) is 4.74 Å². The molecule has 122 valence electrons. The minimum atomic E-state index is -3.36. The topological polar surface area (TPSA) is 72.4 Å².